The van der Waals surface area contributed by atoms with Crippen LogP contribution in [0.5, 0.6) is 0 Å². The first-order valence-electron chi connectivity index (χ1n) is 19.8. The molecule has 0 saturated heterocycles. The molecule has 4 aromatic heterocycles. The Bertz CT molecular complexity index is 3860. The second-order valence-electron chi connectivity index (χ2n) is 15.2. The molecule has 0 atom stereocenters. The molecule has 13 rings (SSSR count). The first-order valence-corrected chi connectivity index (χ1v) is 20.6. The molecule has 0 fully saturated rings. The predicted molar refractivity (Wildman–Crippen MR) is 246 cm³/mol. The lowest BCUT2D eigenvalue weighted by atomic mass is 9.99. The SMILES string of the molecule is c1ccc(-c2nc(-c3ccc4sc5ccccc5c4c3)nc(-c3cccc4oc5ccc6cc(-n7c8ccccc8c8cc9ccccc9cc87)ccc6c5c34)n2)cc1. The normalized spacial score (nSPS) is 12.1. The summed E-state index contributed by atoms with van der Waals surface area (Å²) in [5, 5.41) is 11.7. The lowest BCUT2D eigenvalue weighted by Crippen LogP contribution is -2.00. The number of aromatic nitrogens is 4. The summed E-state index contributed by atoms with van der Waals surface area (Å²) in [6, 6.07) is 64.4. The molecule has 9 aromatic carbocycles. The van der Waals surface area contributed by atoms with Crippen LogP contribution < -0.4 is 0 Å². The Morgan fingerprint density at radius 3 is 2.02 bits per heavy atom. The average molecular weight is 771 g/mol. The number of para-hydroxylation sites is 1. The van der Waals surface area contributed by atoms with Crippen molar-refractivity contribution in [2.75, 3.05) is 0 Å². The van der Waals surface area contributed by atoms with Gasteiger partial charge in [0.25, 0.3) is 0 Å². The van der Waals surface area contributed by atoms with E-state index in [0.29, 0.717) is 17.5 Å². The van der Waals surface area contributed by atoms with Crippen molar-refractivity contribution in [2.45, 2.75) is 0 Å². The van der Waals surface area contributed by atoms with Gasteiger partial charge in [-0.25, -0.2) is 15.0 Å². The van der Waals surface area contributed by atoms with Crippen LogP contribution in [-0.2, 0) is 0 Å². The quantitative estimate of drug-likeness (QED) is 0.179. The van der Waals surface area contributed by atoms with Gasteiger partial charge in [0.05, 0.1) is 11.0 Å². The summed E-state index contributed by atoms with van der Waals surface area (Å²) in [5.74, 6) is 1.85. The smallest absolute Gasteiger partial charge is 0.164 e. The zero-order valence-electron chi connectivity index (χ0n) is 31.4. The van der Waals surface area contributed by atoms with Gasteiger partial charge in [-0.3, -0.25) is 0 Å². The summed E-state index contributed by atoms with van der Waals surface area (Å²) in [4.78, 5) is 15.5. The van der Waals surface area contributed by atoms with Crippen molar-refractivity contribution in [1.82, 2.24) is 19.5 Å². The highest BCUT2D eigenvalue weighted by atomic mass is 32.1. The van der Waals surface area contributed by atoms with Crippen LogP contribution in [0.3, 0.4) is 0 Å². The van der Waals surface area contributed by atoms with Crippen molar-refractivity contribution in [3.8, 4) is 39.9 Å². The van der Waals surface area contributed by atoms with Crippen LogP contribution in [0.1, 0.15) is 0 Å². The Morgan fingerprint density at radius 2 is 1.12 bits per heavy atom. The van der Waals surface area contributed by atoms with Crippen LogP contribution in [0, 0.1) is 0 Å². The van der Waals surface area contributed by atoms with Gasteiger partial charge >= 0.3 is 0 Å². The molecular formula is C53H30N4OS. The van der Waals surface area contributed by atoms with Crippen molar-refractivity contribution in [2.24, 2.45) is 0 Å². The summed E-state index contributed by atoms with van der Waals surface area (Å²) in [7, 11) is 0. The monoisotopic (exact) mass is 770 g/mol. The van der Waals surface area contributed by atoms with E-state index in [2.05, 4.69) is 156 Å². The van der Waals surface area contributed by atoms with Gasteiger partial charge < -0.3 is 8.98 Å². The van der Waals surface area contributed by atoms with Crippen molar-refractivity contribution in [3.63, 3.8) is 0 Å². The minimum absolute atomic E-state index is 0.601. The molecule has 0 unspecified atom stereocenters. The van der Waals surface area contributed by atoms with E-state index >= 15 is 0 Å². The van der Waals surface area contributed by atoms with Crippen molar-refractivity contribution >= 4 is 96.8 Å². The molecule has 0 bridgehead atoms. The Balaban J connectivity index is 1.03. The topological polar surface area (TPSA) is 56.7 Å². The van der Waals surface area contributed by atoms with Gasteiger partial charge in [-0.05, 0) is 88.3 Å². The van der Waals surface area contributed by atoms with Crippen molar-refractivity contribution < 1.29 is 4.42 Å². The van der Waals surface area contributed by atoms with Gasteiger partial charge in [0.1, 0.15) is 11.2 Å². The van der Waals surface area contributed by atoms with Gasteiger partial charge in [-0.2, -0.15) is 0 Å². The van der Waals surface area contributed by atoms with E-state index < -0.39 is 0 Å². The second-order valence-corrected chi connectivity index (χ2v) is 16.3. The first-order chi connectivity index (χ1) is 29.2. The summed E-state index contributed by atoms with van der Waals surface area (Å²) in [5.41, 5.74) is 7.86. The summed E-state index contributed by atoms with van der Waals surface area (Å²) >= 11 is 1.81. The third-order valence-corrected chi connectivity index (χ3v) is 13.0. The predicted octanol–water partition coefficient (Wildman–Crippen LogP) is 14.5. The number of nitrogens with zero attached hydrogens (tertiary/aromatic N) is 4. The minimum atomic E-state index is 0.601. The van der Waals surface area contributed by atoms with Crippen molar-refractivity contribution in [1.29, 1.82) is 0 Å². The highest BCUT2D eigenvalue weighted by Crippen LogP contribution is 2.42. The first kappa shape index (κ1) is 32.4. The fourth-order valence-corrected chi connectivity index (χ4v) is 10.2. The maximum absolute atomic E-state index is 6.62. The molecule has 0 saturated carbocycles. The lowest BCUT2D eigenvalue weighted by Gasteiger charge is -2.11. The standard InChI is InChI=1S/C53H30N4OS/c1-2-11-31(12-3-1)51-54-52(35-22-26-48-42(29-35)39-16-7-9-20-47(39)59-48)56-53(55-51)40-17-10-19-45-50(40)49-37-24-23-36(27-34(37)21-25-46(49)58-45)57-43-18-8-6-15-38(43)41-28-32-13-4-5-14-33(32)30-44(41)57/h1-30H. The van der Waals surface area contributed by atoms with Crippen LogP contribution in [-0.4, -0.2) is 19.5 Å². The van der Waals surface area contributed by atoms with E-state index in [1.54, 1.807) is 11.3 Å². The van der Waals surface area contributed by atoms with E-state index in [9.17, 15) is 0 Å². The molecule has 0 spiro atoms. The van der Waals surface area contributed by atoms with Crippen LogP contribution in [0.2, 0.25) is 0 Å². The molecule has 0 aliphatic heterocycles. The summed E-state index contributed by atoms with van der Waals surface area (Å²) in [6.07, 6.45) is 0. The van der Waals surface area contributed by atoms with Gasteiger partial charge in [0, 0.05) is 64.1 Å². The maximum Gasteiger partial charge on any atom is 0.164 e. The molecule has 6 heteroatoms. The van der Waals surface area contributed by atoms with Gasteiger partial charge in [0.15, 0.2) is 17.5 Å². The zero-order chi connectivity index (χ0) is 38.6. The minimum Gasteiger partial charge on any atom is -0.456 e. The number of benzene rings is 9. The van der Waals surface area contributed by atoms with Gasteiger partial charge in [0.2, 0.25) is 0 Å². The third kappa shape index (κ3) is 4.94. The second kappa shape index (κ2) is 12.4. The van der Waals surface area contributed by atoms with E-state index in [0.717, 1.165) is 55.1 Å². The number of furan rings is 1. The molecule has 13 aromatic rings. The fraction of sp³-hybridized carbons (Fsp3) is 0. The molecule has 274 valence electrons. The summed E-state index contributed by atoms with van der Waals surface area (Å²) < 4.78 is 11.5. The molecule has 0 aliphatic rings. The molecule has 59 heavy (non-hydrogen) atoms. The molecule has 0 amide bonds. The Hall–Kier alpha value is -7.67. The highest BCUT2D eigenvalue weighted by molar-refractivity contribution is 7.25. The van der Waals surface area contributed by atoms with Crippen LogP contribution in [0.25, 0.3) is 125 Å². The van der Waals surface area contributed by atoms with Crippen LogP contribution in [0.4, 0.5) is 0 Å². The largest absolute Gasteiger partial charge is 0.456 e. The lowest BCUT2D eigenvalue weighted by molar-refractivity contribution is 0.669. The fourth-order valence-electron chi connectivity index (χ4n) is 9.10. The number of rotatable bonds is 4. The number of fused-ring (bicyclic) bond motifs is 12. The Morgan fingerprint density at radius 1 is 0.390 bits per heavy atom. The highest BCUT2D eigenvalue weighted by Gasteiger charge is 2.21. The molecule has 4 heterocycles. The van der Waals surface area contributed by atoms with Gasteiger partial charge in [-0.15, -0.1) is 11.3 Å². The number of thiophene rings is 1. The maximum atomic E-state index is 6.62. The molecule has 0 aliphatic carbocycles. The number of hydrogen-bond donors (Lipinski definition) is 0. The Labute approximate surface area is 341 Å². The molecular weight excluding hydrogens is 741 g/mol. The Kier molecular flexibility index (Phi) is 6.82. The molecule has 5 nitrogen and oxygen atoms in total. The number of hydrogen-bond acceptors (Lipinski definition) is 5. The van der Waals surface area contributed by atoms with E-state index in [1.165, 1.54) is 52.8 Å². The van der Waals surface area contributed by atoms with E-state index in [4.69, 9.17) is 19.4 Å². The van der Waals surface area contributed by atoms with Crippen molar-refractivity contribution in [3.05, 3.63) is 182 Å². The van der Waals surface area contributed by atoms with E-state index in [1.807, 2.05) is 30.3 Å². The third-order valence-electron chi connectivity index (χ3n) is 11.8. The summed E-state index contributed by atoms with van der Waals surface area (Å²) in [6.45, 7) is 0. The molecule has 0 radical (unpaired) electrons. The zero-order valence-corrected chi connectivity index (χ0v) is 32.2. The van der Waals surface area contributed by atoms with Gasteiger partial charge in [-0.1, -0.05) is 115 Å². The molecule has 0 N–H and O–H groups in total. The van der Waals surface area contributed by atoms with E-state index in [-0.39, 0.29) is 0 Å². The van der Waals surface area contributed by atoms with Crippen LogP contribution >= 0.6 is 11.3 Å². The average Bonchev–Trinajstić information content (AvgIpc) is 3.97. The van der Waals surface area contributed by atoms with Crippen LogP contribution in [0.15, 0.2) is 186 Å².